The number of hydrogen-bond acceptors (Lipinski definition) is 4. The molecule has 2 rings (SSSR count). The SMILES string of the molecule is COc1cc(N)cc(CN(C)C(C)c2cccs2)c1. The quantitative estimate of drug-likeness (QED) is 0.849. The Kier molecular flexibility index (Phi) is 4.45. The maximum Gasteiger partial charge on any atom is 0.121 e. The van der Waals surface area contributed by atoms with Crippen LogP contribution in [0.25, 0.3) is 0 Å². The lowest BCUT2D eigenvalue weighted by Crippen LogP contribution is -2.21. The highest BCUT2D eigenvalue weighted by atomic mass is 32.1. The molecule has 4 heteroatoms. The molecule has 1 heterocycles. The van der Waals surface area contributed by atoms with Crippen LogP contribution in [-0.4, -0.2) is 19.1 Å². The Labute approximate surface area is 118 Å². The van der Waals surface area contributed by atoms with Crippen LogP contribution in [0.1, 0.15) is 23.4 Å². The summed E-state index contributed by atoms with van der Waals surface area (Å²) in [6.45, 7) is 3.07. The lowest BCUT2D eigenvalue weighted by atomic mass is 10.1. The summed E-state index contributed by atoms with van der Waals surface area (Å²) in [6, 6.07) is 10.5. The molecule has 0 saturated heterocycles. The number of nitrogens with two attached hydrogens (primary N) is 1. The Balaban J connectivity index is 2.10. The topological polar surface area (TPSA) is 38.5 Å². The van der Waals surface area contributed by atoms with Gasteiger partial charge in [0.05, 0.1) is 7.11 Å². The van der Waals surface area contributed by atoms with E-state index in [0.29, 0.717) is 6.04 Å². The number of nitrogens with zero attached hydrogens (tertiary/aromatic N) is 1. The minimum atomic E-state index is 0.396. The van der Waals surface area contributed by atoms with Crippen LogP contribution in [0, 0.1) is 0 Å². The van der Waals surface area contributed by atoms with E-state index in [1.165, 1.54) is 10.4 Å². The Morgan fingerprint density at radius 2 is 2.16 bits per heavy atom. The molecule has 1 unspecified atom stereocenters. The molecular formula is C15H20N2OS. The Morgan fingerprint density at radius 1 is 1.37 bits per heavy atom. The predicted molar refractivity (Wildman–Crippen MR) is 81.6 cm³/mol. The molecule has 1 atom stereocenters. The third-order valence-corrected chi connectivity index (χ3v) is 4.31. The molecule has 0 spiro atoms. The number of benzene rings is 1. The Bertz CT molecular complexity index is 525. The van der Waals surface area contributed by atoms with Crippen molar-refractivity contribution < 1.29 is 4.74 Å². The maximum absolute atomic E-state index is 5.88. The number of methoxy groups -OCH3 is 1. The first-order valence-electron chi connectivity index (χ1n) is 6.27. The zero-order valence-electron chi connectivity index (χ0n) is 11.6. The zero-order chi connectivity index (χ0) is 13.8. The molecule has 0 fully saturated rings. The third kappa shape index (κ3) is 3.49. The van der Waals surface area contributed by atoms with E-state index in [4.69, 9.17) is 10.5 Å². The molecule has 102 valence electrons. The summed E-state index contributed by atoms with van der Waals surface area (Å²) >= 11 is 1.79. The van der Waals surface area contributed by atoms with Crippen LogP contribution >= 0.6 is 11.3 Å². The Morgan fingerprint density at radius 3 is 2.79 bits per heavy atom. The van der Waals surface area contributed by atoms with E-state index in [-0.39, 0.29) is 0 Å². The smallest absolute Gasteiger partial charge is 0.121 e. The summed E-state index contributed by atoms with van der Waals surface area (Å²) in [5.74, 6) is 0.812. The number of ether oxygens (including phenoxy) is 1. The first kappa shape index (κ1) is 13.9. The van der Waals surface area contributed by atoms with Gasteiger partial charge in [0.15, 0.2) is 0 Å². The molecule has 0 aliphatic carbocycles. The molecule has 1 aromatic carbocycles. The average molecular weight is 276 g/mol. The summed E-state index contributed by atoms with van der Waals surface area (Å²) in [7, 11) is 3.79. The molecule has 0 aliphatic rings. The van der Waals surface area contributed by atoms with Crippen LogP contribution in [-0.2, 0) is 6.54 Å². The van der Waals surface area contributed by atoms with Crippen molar-refractivity contribution in [2.75, 3.05) is 19.9 Å². The van der Waals surface area contributed by atoms with Gasteiger partial charge in [0, 0.05) is 29.2 Å². The van der Waals surface area contributed by atoms with Gasteiger partial charge in [-0.05, 0) is 43.1 Å². The van der Waals surface area contributed by atoms with Gasteiger partial charge in [-0.25, -0.2) is 0 Å². The molecule has 0 saturated carbocycles. The zero-order valence-corrected chi connectivity index (χ0v) is 12.4. The number of anilines is 1. The number of hydrogen-bond donors (Lipinski definition) is 1. The third-order valence-electron chi connectivity index (χ3n) is 3.27. The van der Waals surface area contributed by atoms with Crippen LogP contribution in [0.15, 0.2) is 35.7 Å². The highest BCUT2D eigenvalue weighted by Crippen LogP contribution is 2.26. The van der Waals surface area contributed by atoms with Crippen LogP contribution in [0.3, 0.4) is 0 Å². The monoisotopic (exact) mass is 276 g/mol. The van der Waals surface area contributed by atoms with Gasteiger partial charge in [-0.2, -0.15) is 0 Å². The van der Waals surface area contributed by atoms with Gasteiger partial charge in [0.2, 0.25) is 0 Å². The van der Waals surface area contributed by atoms with E-state index < -0.39 is 0 Å². The summed E-state index contributed by atoms with van der Waals surface area (Å²) in [5, 5.41) is 2.11. The molecule has 0 radical (unpaired) electrons. The predicted octanol–water partition coefficient (Wildman–Crippen LogP) is 3.53. The molecule has 2 N–H and O–H groups in total. The number of thiophene rings is 1. The Hall–Kier alpha value is -1.52. The molecule has 3 nitrogen and oxygen atoms in total. The van der Waals surface area contributed by atoms with E-state index in [1.807, 2.05) is 18.2 Å². The van der Waals surface area contributed by atoms with E-state index in [0.717, 1.165) is 18.0 Å². The minimum Gasteiger partial charge on any atom is -0.497 e. The molecule has 0 amide bonds. The van der Waals surface area contributed by atoms with Crippen molar-refractivity contribution >= 4 is 17.0 Å². The number of nitrogen functional groups attached to an aromatic ring is 1. The summed E-state index contributed by atoms with van der Waals surface area (Å²) in [5.41, 5.74) is 7.80. The van der Waals surface area contributed by atoms with Gasteiger partial charge in [-0.15, -0.1) is 11.3 Å². The van der Waals surface area contributed by atoms with Crippen molar-refractivity contribution in [1.29, 1.82) is 0 Å². The first-order valence-corrected chi connectivity index (χ1v) is 7.15. The van der Waals surface area contributed by atoms with Crippen molar-refractivity contribution in [2.24, 2.45) is 0 Å². The van der Waals surface area contributed by atoms with Gasteiger partial charge in [-0.3, -0.25) is 4.90 Å². The van der Waals surface area contributed by atoms with Crippen molar-refractivity contribution in [3.05, 3.63) is 46.2 Å². The largest absolute Gasteiger partial charge is 0.497 e. The fourth-order valence-electron chi connectivity index (χ4n) is 2.07. The highest BCUT2D eigenvalue weighted by Gasteiger charge is 2.13. The molecule has 19 heavy (non-hydrogen) atoms. The minimum absolute atomic E-state index is 0.396. The molecule has 0 aliphatic heterocycles. The van der Waals surface area contributed by atoms with Crippen LogP contribution in [0.4, 0.5) is 5.69 Å². The van der Waals surface area contributed by atoms with Crippen molar-refractivity contribution in [3.63, 3.8) is 0 Å². The summed E-state index contributed by atoms with van der Waals surface area (Å²) < 4.78 is 5.25. The van der Waals surface area contributed by atoms with Gasteiger partial charge in [0.25, 0.3) is 0 Å². The summed E-state index contributed by atoms with van der Waals surface area (Å²) in [4.78, 5) is 3.68. The van der Waals surface area contributed by atoms with E-state index >= 15 is 0 Å². The lowest BCUT2D eigenvalue weighted by Gasteiger charge is -2.24. The lowest BCUT2D eigenvalue weighted by molar-refractivity contribution is 0.256. The second-order valence-corrected chi connectivity index (χ2v) is 5.70. The first-order chi connectivity index (χ1) is 9.10. The van der Waals surface area contributed by atoms with Gasteiger partial charge in [0.1, 0.15) is 5.75 Å². The molecule has 2 aromatic rings. The maximum atomic E-state index is 5.88. The van der Waals surface area contributed by atoms with E-state index in [2.05, 4.69) is 36.4 Å². The average Bonchev–Trinajstić information content (AvgIpc) is 2.90. The fraction of sp³-hybridized carbons (Fsp3) is 0.333. The van der Waals surface area contributed by atoms with Crippen molar-refractivity contribution in [3.8, 4) is 5.75 Å². The van der Waals surface area contributed by atoms with Crippen LogP contribution in [0.2, 0.25) is 0 Å². The van der Waals surface area contributed by atoms with Crippen LogP contribution < -0.4 is 10.5 Å². The molecular weight excluding hydrogens is 256 g/mol. The fourth-order valence-corrected chi connectivity index (χ4v) is 2.91. The normalized spacial score (nSPS) is 12.6. The van der Waals surface area contributed by atoms with Gasteiger partial charge in [-0.1, -0.05) is 6.07 Å². The number of rotatable bonds is 5. The van der Waals surface area contributed by atoms with E-state index in [1.54, 1.807) is 18.4 Å². The second kappa shape index (κ2) is 6.08. The van der Waals surface area contributed by atoms with Gasteiger partial charge < -0.3 is 10.5 Å². The standard InChI is InChI=1S/C15H20N2OS/c1-11(15-5-4-6-19-15)17(2)10-12-7-13(16)9-14(8-12)18-3/h4-9,11H,10,16H2,1-3H3. The van der Waals surface area contributed by atoms with Crippen LogP contribution in [0.5, 0.6) is 5.75 Å². The molecule has 1 aromatic heterocycles. The van der Waals surface area contributed by atoms with Crippen molar-refractivity contribution in [2.45, 2.75) is 19.5 Å². The highest BCUT2D eigenvalue weighted by molar-refractivity contribution is 7.10. The van der Waals surface area contributed by atoms with Crippen molar-refractivity contribution in [1.82, 2.24) is 4.90 Å². The second-order valence-electron chi connectivity index (χ2n) is 4.72. The van der Waals surface area contributed by atoms with E-state index in [9.17, 15) is 0 Å². The molecule has 0 bridgehead atoms. The summed E-state index contributed by atoms with van der Waals surface area (Å²) in [6.07, 6.45) is 0. The van der Waals surface area contributed by atoms with Gasteiger partial charge >= 0.3 is 0 Å².